The van der Waals surface area contributed by atoms with Gasteiger partial charge >= 0.3 is 0 Å². The van der Waals surface area contributed by atoms with Gasteiger partial charge < -0.3 is 5.73 Å². The molecule has 1 fully saturated rings. The number of aromatic nitrogens is 1. The molecule has 0 spiro atoms. The summed E-state index contributed by atoms with van der Waals surface area (Å²) in [6.45, 7) is 4.44. The second kappa shape index (κ2) is 4.73. The molecule has 0 aromatic carbocycles. The zero-order valence-corrected chi connectivity index (χ0v) is 9.26. The van der Waals surface area contributed by atoms with E-state index in [1.54, 1.807) is 0 Å². The van der Waals surface area contributed by atoms with Crippen molar-refractivity contribution in [3.8, 4) is 0 Å². The van der Waals surface area contributed by atoms with Crippen molar-refractivity contribution in [2.45, 2.75) is 31.8 Å². The highest BCUT2D eigenvalue weighted by Gasteiger charge is 2.25. The van der Waals surface area contributed by atoms with E-state index in [4.69, 9.17) is 5.73 Å². The molecule has 2 atom stereocenters. The van der Waals surface area contributed by atoms with Crippen LogP contribution in [0.2, 0.25) is 0 Å². The Hall–Kier alpha value is -0.930. The third kappa shape index (κ3) is 2.36. The molecule has 82 valence electrons. The Morgan fingerprint density at radius 3 is 2.40 bits per heavy atom. The van der Waals surface area contributed by atoms with Crippen molar-refractivity contribution in [1.29, 1.82) is 0 Å². The molecule has 2 rings (SSSR count). The highest BCUT2D eigenvalue weighted by Crippen LogP contribution is 2.26. The molecular weight excluding hydrogens is 186 g/mol. The molecule has 15 heavy (non-hydrogen) atoms. The molecule has 0 saturated carbocycles. The van der Waals surface area contributed by atoms with E-state index < -0.39 is 0 Å². The van der Waals surface area contributed by atoms with E-state index in [1.165, 1.54) is 31.5 Å². The molecule has 2 N–H and O–H groups in total. The van der Waals surface area contributed by atoms with Crippen LogP contribution in [0.4, 0.5) is 0 Å². The van der Waals surface area contributed by atoms with Crippen molar-refractivity contribution >= 4 is 0 Å². The molecule has 3 nitrogen and oxygen atoms in total. The van der Waals surface area contributed by atoms with Crippen LogP contribution in [-0.4, -0.2) is 29.0 Å². The summed E-state index contributed by atoms with van der Waals surface area (Å²) >= 11 is 0. The molecule has 2 unspecified atom stereocenters. The number of likely N-dealkylation sites (tertiary alicyclic amines) is 1. The van der Waals surface area contributed by atoms with Gasteiger partial charge in [-0.05, 0) is 50.6 Å². The molecule has 1 saturated heterocycles. The van der Waals surface area contributed by atoms with Crippen LogP contribution in [0.1, 0.15) is 31.4 Å². The minimum atomic E-state index is 0.172. The number of pyridine rings is 1. The van der Waals surface area contributed by atoms with Crippen LogP contribution >= 0.6 is 0 Å². The lowest BCUT2D eigenvalue weighted by Gasteiger charge is -2.30. The maximum Gasteiger partial charge on any atom is 0.0497 e. The first-order valence-corrected chi connectivity index (χ1v) is 5.68. The molecule has 1 aliphatic rings. The second-order valence-electron chi connectivity index (χ2n) is 4.33. The van der Waals surface area contributed by atoms with Gasteiger partial charge in [-0.1, -0.05) is 0 Å². The van der Waals surface area contributed by atoms with Crippen LogP contribution in [0.3, 0.4) is 0 Å². The SMILES string of the molecule is CC(N)C(c1ccncc1)N1CCCC1. The molecule has 2 heterocycles. The molecule has 1 aliphatic heterocycles. The molecule has 0 bridgehead atoms. The zero-order chi connectivity index (χ0) is 10.7. The van der Waals surface area contributed by atoms with Crippen LogP contribution in [0.15, 0.2) is 24.5 Å². The van der Waals surface area contributed by atoms with Gasteiger partial charge in [-0.3, -0.25) is 9.88 Å². The lowest BCUT2D eigenvalue weighted by atomic mass is 10.0. The summed E-state index contributed by atoms with van der Waals surface area (Å²) in [4.78, 5) is 6.54. The van der Waals surface area contributed by atoms with Crippen molar-refractivity contribution in [3.63, 3.8) is 0 Å². The quantitative estimate of drug-likeness (QED) is 0.814. The predicted molar refractivity (Wildman–Crippen MR) is 61.4 cm³/mol. The van der Waals surface area contributed by atoms with E-state index >= 15 is 0 Å². The van der Waals surface area contributed by atoms with Gasteiger partial charge in [0, 0.05) is 24.5 Å². The minimum Gasteiger partial charge on any atom is -0.326 e. The van der Waals surface area contributed by atoms with E-state index in [0.29, 0.717) is 6.04 Å². The van der Waals surface area contributed by atoms with Crippen molar-refractivity contribution < 1.29 is 0 Å². The smallest absolute Gasteiger partial charge is 0.0497 e. The lowest BCUT2D eigenvalue weighted by Crippen LogP contribution is -2.37. The van der Waals surface area contributed by atoms with Crippen molar-refractivity contribution in [3.05, 3.63) is 30.1 Å². The van der Waals surface area contributed by atoms with Crippen LogP contribution in [-0.2, 0) is 0 Å². The summed E-state index contributed by atoms with van der Waals surface area (Å²) in [5, 5.41) is 0. The van der Waals surface area contributed by atoms with Gasteiger partial charge in [-0.15, -0.1) is 0 Å². The fourth-order valence-electron chi connectivity index (χ4n) is 2.43. The average Bonchev–Trinajstić information content (AvgIpc) is 2.72. The Balaban J connectivity index is 2.19. The number of hydrogen-bond donors (Lipinski definition) is 1. The normalized spacial score (nSPS) is 21.5. The Labute approximate surface area is 91.3 Å². The Kier molecular flexibility index (Phi) is 3.34. The van der Waals surface area contributed by atoms with Gasteiger partial charge in [0.1, 0.15) is 0 Å². The van der Waals surface area contributed by atoms with Gasteiger partial charge in [0.2, 0.25) is 0 Å². The summed E-state index contributed by atoms with van der Waals surface area (Å²) in [5.74, 6) is 0. The molecular formula is C12H19N3. The third-order valence-electron chi connectivity index (χ3n) is 3.08. The van der Waals surface area contributed by atoms with Crippen molar-refractivity contribution in [2.24, 2.45) is 5.73 Å². The Bertz CT molecular complexity index is 291. The van der Waals surface area contributed by atoms with Gasteiger partial charge in [0.05, 0.1) is 0 Å². The van der Waals surface area contributed by atoms with E-state index in [2.05, 4.69) is 28.9 Å². The molecule has 0 aliphatic carbocycles. The highest BCUT2D eigenvalue weighted by molar-refractivity contribution is 5.17. The first kappa shape index (κ1) is 10.6. The van der Waals surface area contributed by atoms with Crippen LogP contribution in [0, 0.1) is 0 Å². The maximum absolute atomic E-state index is 6.09. The van der Waals surface area contributed by atoms with Gasteiger partial charge in [0.25, 0.3) is 0 Å². The first-order chi connectivity index (χ1) is 7.29. The van der Waals surface area contributed by atoms with Crippen LogP contribution in [0.25, 0.3) is 0 Å². The van der Waals surface area contributed by atoms with E-state index in [9.17, 15) is 0 Å². The van der Waals surface area contributed by atoms with E-state index in [0.717, 1.165) is 0 Å². The van der Waals surface area contributed by atoms with Crippen molar-refractivity contribution in [1.82, 2.24) is 9.88 Å². The maximum atomic E-state index is 6.09. The standard InChI is InChI=1S/C12H19N3/c1-10(13)12(15-8-2-3-9-15)11-4-6-14-7-5-11/h4-7,10,12H,2-3,8-9,13H2,1H3. The largest absolute Gasteiger partial charge is 0.326 e. The summed E-state index contributed by atoms with van der Waals surface area (Å²) < 4.78 is 0. The number of nitrogens with two attached hydrogens (primary N) is 1. The molecule has 1 aromatic heterocycles. The molecule has 0 amide bonds. The number of hydrogen-bond acceptors (Lipinski definition) is 3. The second-order valence-corrected chi connectivity index (χ2v) is 4.33. The molecule has 3 heteroatoms. The first-order valence-electron chi connectivity index (χ1n) is 5.68. The highest BCUT2D eigenvalue weighted by atomic mass is 15.2. The zero-order valence-electron chi connectivity index (χ0n) is 9.26. The van der Waals surface area contributed by atoms with Crippen LogP contribution in [0.5, 0.6) is 0 Å². The number of nitrogens with zero attached hydrogens (tertiary/aromatic N) is 2. The van der Waals surface area contributed by atoms with E-state index in [1.807, 2.05) is 12.4 Å². The summed E-state index contributed by atoms with van der Waals surface area (Å²) in [6, 6.07) is 4.68. The van der Waals surface area contributed by atoms with Gasteiger partial charge in [-0.25, -0.2) is 0 Å². The molecule has 1 aromatic rings. The predicted octanol–water partition coefficient (Wildman–Crippen LogP) is 1.57. The third-order valence-corrected chi connectivity index (χ3v) is 3.08. The monoisotopic (exact) mass is 205 g/mol. The van der Waals surface area contributed by atoms with E-state index in [-0.39, 0.29) is 6.04 Å². The number of rotatable bonds is 3. The fourth-order valence-corrected chi connectivity index (χ4v) is 2.43. The van der Waals surface area contributed by atoms with Gasteiger partial charge in [0.15, 0.2) is 0 Å². The lowest BCUT2D eigenvalue weighted by molar-refractivity contribution is 0.219. The summed E-state index contributed by atoms with van der Waals surface area (Å²) in [5.41, 5.74) is 7.38. The van der Waals surface area contributed by atoms with Gasteiger partial charge in [-0.2, -0.15) is 0 Å². The Morgan fingerprint density at radius 2 is 1.87 bits per heavy atom. The van der Waals surface area contributed by atoms with Crippen molar-refractivity contribution in [2.75, 3.05) is 13.1 Å². The average molecular weight is 205 g/mol. The topological polar surface area (TPSA) is 42.1 Å². The van der Waals surface area contributed by atoms with Crippen LogP contribution < -0.4 is 5.73 Å². The fraction of sp³-hybridized carbons (Fsp3) is 0.583. The molecule has 0 radical (unpaired) electrons. The Morgan fingerprint density at radius 1 is 1.27 bits per heavy atom. The minimum absolute atomic E-state index is 0.172. The summed E-state index contributed by atoms with van der Waals surface area (Å²) in [6.07, 6.45) is 6.30. The summed E-state index contributed by atoms with van der Waals surface area (Å²) in [7, 11) is 0.